The number of amides is 1. The lowest BCUT2D eigenvalue weighted by Crippen LogP contribution is -2.34. The minimum Gasteiger partial charge on any atom is -0.356 e. The Balaban J connectivity index is 2.39. The van der Waals surface area contributed by atoms with E-state index in [1.807, 2.05) is 6.92 Å². The average molecular weight is 244 g/mol. The summed E-state index contributed by atoms with van der Waals surface area (Å²) in [5.41, 5.74) is 0. The van der Waals surface area contributed by atoms with Gasteiger partial charge in [0.05, 0.1) is 23.7 Å². The Bertz CT molecular complexity index is 349. The molecule has 0 aliphatic heterocycles. The van der Waals surface area contributed by atoms with E-state index in [1.165, 1.54) is 0 Å². The molecule has 1 aromatic heterocycles. The fourth-order valence-electron chi connectivity index (χ4n) is 1.28. The number of hydrogen-bond donors (Lipinski definition) is 1. The largest absolute Gasteiger partial charge is 0.356 e. The summed E-state index contributed by atoms with van der Waals surface area (Å²) in [5, 5.41) is 7.53. The maximum absolute atomic E-state index is 11.7. The van der Waals surface area contributed by atoms with Gasteiger partial charge in [-0.25, -0.2) is 0 Å². The Hall–Kier alpha value is -1.03. The zero-order valence-electron chi connectivity index (χ0n) is 9.90. The van der Waals surface area contributed by atoms with Crippen LogP contribution in [0, 0.1) is 11.8 Å². The number of rotatable bonds is 5. The number of nitrogens with one attached hydrogen (secondary N) is 1. The van der Waals surface area contributed by atoms with Gasteiger partial charge in [-0.05, 0) is 5.92 Å². The Kier molecular flexibility index (Phi) is 4.80. The first kappa shape index (κ1) is 13.0. The van der Waals surface area contributed by atoms with E-state index < -0.39 is 0 Å². The molecule has 90 valence electrons. The van der Waals surface area contributed by atoms with Crippen molar-refractivity contribution in [2.75, 3.05) is 6.54 Å². The summed E-state index contributed by atoms with van der Waals surface area (Å²) in [6, 6.07) is 0. The lowest BCUT2D eigenvalue weighted by Gasteiger charge is -2.13. The van der Waals surface area contributed by atoms with Gasteiger partial charge in [-0.2, -0.15) is 5.10 Å². The molecule has 1 heterocycles. The lowest BCUT2D eigenvalue weighted by atomic mass is 10.1. The molecule has 1 atom stereocenters. The van der Waals surface area contributed by atoms with Crippen LogP contribution < -0.4 is 5.32 Å². The maximum atomic E-state index is 11.7. The molecule has 0 radical (unpaired) electrons. The number of nitrogens with zero attached hydrogens (tertiary/aromatic N) is 2. The van der Waals surface area contributed by atoms with Gasteiger partial charge in [-0.1, -0.05) is 32.4 Å². The van der Waals surface area contributed by atoms with Crippen LogP contribution in [0.1, 0.15) is 20.8 Å². The van der Waals surface area contributed by atoms with Gasteiger partial charge in [0.2, 0.25) is 5.91 Å². The molecule has 0 aliphatic rings. The fourth-order valence-corrected chi connectivity index (χ4v) is 1.44. The van der Waals surface area contributed by atoms with E-state index in [0.29, 0.717) is 24.0 Å². The summed E-state index contributed by atoms with van der Waals surface area (Å²) in [6.45, 7) is 7.28. The molecular formula is C11H18ClN3O. The van der Waals surface area contributed by atoms with Gasteiger partial charge >= 0.3 is 0 Å². The van der Waals surface area contributed by atoms with E-state index in [2.05, 4.69) is 24.3 Å². The van der Waals surface area contributed by atoms with Gasteiger partial charge in [0, 0.05) is 12.7 Å². The van der Waals surface area contributed by atoms with Crippen LogP contribution in [0.15, 0.2) is 12.4 Å². The third kappa shape index (κ3) is 4.23. The molecular weight excluding hydrogens is 226 g/mol. The standard InChI is InChI=1S/C11H18ClN3O/c1-8(2)4-13-11(16)9(3)6-15-7-10(12)5-14-15/h5,7-9H,4,6H2,1-3H3,(H,13,16). The van der Waals surface area contributed by atoms with Crippen molar-refractivity contribution in [1.82, 2.24) is 15.1 Å². The maximum Gasteiger partial charge on any atom is 0.224 e. The smallest absolute Gasteiger partial charge is 0.224 e. The highest BCUT2D eigenvalue weighted by atomic mass is 35.5. The van der Waals surface area contributed by atoms with Gasteiger partial charge in [-0.15, -0.1) is 0 Å². The first-order chi connectivity index (χ1) is 7.49. The van der Waals surface area contributed by atoms with E-state index in [-0.39, 0.29) is 11.8 Å². The number of hydrogen-bond acceptors (Lipinski definition) is 2. The van der Waals surface area contributed by atoms with Gasteiger partial charge < -0.3 is 5.32 Å². The first-order valence-electron chi connectivity index (χ1n) is 5.44. The van der Waals surface area contributed by atoms with Crippen LogP contribution in [0.5, 0.6) is 0 Å². The fraction of sp³-hybridized carbons (Fsp3) is 0.636. The third-order valence-electron chi connectivity index (χ3n) is 2.19. The number of halogens is 1. The molecule has 0 saturated heterocycles. The molecule has 1 aromatic rings. The quantitative estimate of drug-likeness (QED) is 0.859. The van der Waals surface area contributed by atoms with Crippen LogP contribution in [-0.4, -0.2) is 22.2 Å². The third-order valence-corrected chi connectivity index (χ3v) is 2.39. The molecule has 1 N–H and O–H groups in total. The van der Waals surface area contributed by atoms with Gasteiger partial charge in [-0.3, -0.25) is 9.48 Å². The van der Waals surface area contributed by atoms with Crippen molar-refractivity contribution in [3.63, 3.8) is 0 Å². The highest BCUT2D eigenvalue weighted by Gasteiger charge is 2.13. The van der Waals surface area contributed by atoms with E-state index in [0.717, 1.165) is 0 Å². The zero-order valence-corrected chi connectivity index (χ0v) is 10.7. The van der Waals surface area contributed by atoms with E-state index >= 15 is 0 Å². The summed E-state index contributed by atoms with van der Waals surface area (Å²) in [5.74, 6) is 0.422. The summed E-state index contributed by atoms with van der Waals surface area (Å²) >= 11 is 5.74. The SMILES string of the molecule is CC(C)CNC(=O)C(C)Cn1cc(Cl)cn1. The normalized spacial score (nSPS) is 12.8. The Morgan fingerprint density at radius 1 is 1.56 bits per heavy atom. The Labute approximate surface area is 101 Å². The molecule has 1 amide bonds. The molecule has 0 aliphatic carbocycles. The summed E-state index contributed by atoms with van der Waals surface area (Å²) < 4.78 is 1.68. The monoisotopic (exact) mass is 243 g/mol. The Morgan fingerprint density at radius 3 is 2.75 bits per heavy atom. The van der Waals surface area contributed by atoms with Crippen LogP contribution in [0.2, 0.25) is 5.02 Å². The summed E-state index contributed by atoms with van der Waals surface area (Å²) in [4.78, 5) is 11.7. The summed E-state index contributed by atoms with van der Waals surface area (Å²) in [6.07, 6.45) is 3.29. The number of carbonyl (C=O) groups excluding carboxylic acids is 1. The zero-order chi connectivity index (χ0) is 12.1. The molecule has 16 heavy (non-hydrogen) atoms. The first-order valence-corrected chi connectivity index (χ1v) is 5.82. The van der Waals surface area contributed by atoms with Crippen molar-refractivity contribution >= 4 is 17.5 Å². The second kappa shape index (κ2) is 5.89. The number of carbonyl (C=O) groups is 1. The van der Waals surface area contributed by atoms with Crippen LogP contribution in [0.3, 0.4) is 0 Å². The molecule has 0 saturated carbocycles. The van der Waals surface area contributed by atoms with Crippen molar-refractivity contribution in [2.45, 2.75) is 27.3 Å². The minimum atomic E-state index is -0.102. The highest BCUT2D eigenvalue weighted by molar-refractivity contribution is 6.30. The van der Waals surface area contributed by atoms with Gasteiger partial charge in [0.25, 0.3) is 0 Å². The average Bonchev–Trinajstić information content (AvgIpc) is 2.60. The molecule has 4 nitrogen and oxygen atoms in total. The van der Waals surface area contributed by atoms with E-state index in [4.69, 9.17) is 11.6 Å². The Morgan fingerprint density at radius 2 is 2.25 bits per heavy atom. The molecule has 0 fully saturated rings. The molecule has 5 heteroatoms. The van der Waals surface area contributed by atoms with Crippen LogP contribution in [0.25, 0.3) is 0 Å². The highest BCUT2D eigenvalue weighted by Crippen LogP contribution is 2.07. The molecule has 0 aromatic carbocycles. The van der Waals surface area contributed by atoms with Gasteiger partial charge in [0.15, 0.2) is 0 Å². The van der Waals surface area contributed by atoms with Crippen LogP contribution in [0.4, 0.5) is 0 Å². The molecule has 1 rings (SSSR count). The second-order valence-electron chi connectivity index (χ2n) is 4.42. The lowest BCUT2D eigenvalue weighted by molar-refractivity contribution is -0.125. The van der Waals surface area contributed by atoms with Crippen LogP contribution in [-0.2, 0) is 11.3 Å². The molecule has 0 bridgehead atoms. The summed E-state index contributed by atoms with van der Waals surface area (Å²) in [7, 11) is 0. The van der Waals surface area contributed by atoms with Crippen molar-refractivity contribution in [1.29, 1.82) is 0 Å². The van der Waals surface area contributed by atoms with Crippen molar-refractivity contribution in [2.24, 2.45) is 11.8 Å². The number of aromatic nitrogens is 2. The van der Waals surface area contributed by atoms with E-state index in [9.17, 15) is 4.79 Å². The second-order valence-corrected chi connectivity index (χ2v) is 4.86. The van der Waals surface area contributed by atoms with Crippen molar-refractivity contribution in [3.8, 4) is 0 Å². The molecule has 0 spiro atoms. The predicted octanol–water partition coefficient (Wildman–Crippen LogP) is 1.94. The van der Waals surface area contributed by atoms with E-state index in [1.54, 1.807) is 17.1 Å². The topological polar surface area (TPSA) is 46.9 Å². The predicted molar refractivity (Wildman–Crippen MR) is 64.2 cm³/mol. The van der Waals surface area contributed by atoms with Crippen LogP contribution >= 0.6 is 11.6 Å². The van der Waals surface area contributed by atoms with Crippen molar-refractivity contribution in [3.05, 3.63) is 17.4 Å². The minimum absolute atomic E-state index is 0.0559. The van der Waals surface area contributed by atoms with Crippen molar-refractivity contribution < 1.29 is 4.79 Å². The van der Waals surface area contributed by atoms with Gasteiger partial charge in [0.1, 0.15) is 0 Å². The molecule has 1 unspecified atom stereocenters.